The van der Waals surface area contributed by atoms with Crippen LogP contribution >= 0.6 is 11.3 Å². The smallest absolute Gasteiger partial charge is 0.423 e. The van der Waals surface area contributed by atoms with E-state index < -0.39 is 7.12 Å². The van der Waals surface area contributed by atoms with E-state index >= 15 is 0 Å². The molecule has 0 bridgehead atoms. The lowest BCUT2D eigenvalue weighted by Gasteiger charge is -2.22. The third-order valence-electron chi connectivity index (χ3n) is 3.06. The maximum atomic E-state index is 9.47. The van der Waals surface area contributed by atoms with Crippen molar-refractivity contribution in [3.63, 3.8) is 0 Å². The first-order valence-electron chi connectivity index (χ1n) is 5.46. The summed E-state index contributed by atoms with van der Waals surface area (Å²) in [6, 6.07) is 3.90. The molecular weight excluding hydrogens is 225 g/mol. The Labute approximate surface area is 99.3 Å². The van der Waals surface area contributed by atoms with Crippen LogP contribution in [0.25, 0.3) is 0 Å². The summed E-state index contributed by atoms with van der Waals surface area (Å²) in [5, 5.41) is 27.5. The lowest BCUT2D eigenvalue weighted by Crippen LogP contribution is -2.27. The highest BCUT2D eigenvalue weighted by atomic mass is 32.1. The van der Waals surface area contributed by atoms with E-state index in [0.717, 1.165) is 17.8 Å². The topological polar surface area (TPSA) is 63.9 Å². The largest absolute Gasteiger partial charge is 0.499 e. The predicted molar refractivity (Wildman–Crippen MR) is 64.8 cm³/mol. The van der Waals surface area contributed by atoms with Gasteiger partial charge in [0.25, 0.3) is 0 Å². The fourth-order valence-corrected chi connectivity index (χ4v) is 3.00. The van der Waals surface area contributed by atoms with E-state index in [-0.39, 0.29) is 12.1 Å². The summed E-state index contributed by atoms with van der Waals surface area (Å²) in [5.41, 5.74) is 0. The first-order chi connectivity index (χ1) is 7.58. The Morgan fingerprint density at radius 1 is 1.50 bits per heavy atom. The molecule has 2 heterocycles. The highest BCUT2D eigenvalue weighted by Crippen LogP contribution is 2.27. The Morgan fingerprint density at radius 2 is 2.25 bits per heavy atom. The summed E-state index contributed by atoms with van der Waals surface area (Å²) in [5.74, 6) is 0. The maximum absolute atomic E-state index is 9.47. The normalized spacial score (nSPS) is 23.6. The number of rotatable bonds is 3. The fraction of sp³-hybridized carbons (Fsp3) is 0.600. The Hall–Kier alpha value is -0.395. The molecule has 4 nitrogen and oxygen atoms in total. The van der Waals surface area contributed by atoms with Crippen molar-refractivity contribution in [3.05, 3.63) is 17.0 Å². The molecule has 1 aliphatic rings. The van der Waals surface area contributed by atoms with Crippen LogP contribution in [0.15, 0.2) is 12.1 Å². The summed E-state index contributed by atoms with van der Waals surface area (Å²) in [6.45, 7) is 3.69. The molecule has 88 valence electrons. The third kappa shape index (κ3) is 2.47. The number of nitrogens with zero attached hydrogens (tertiary/aromatic N) is 1. The van der Waals surface area contributed by atoms with Gasteiger partial charge >= 0.3 is 7.12 Å². The molecule has 3 N–H and O–H groups in total. The fourth-order valence-electron chi connectivity index (χ4n) is 2.03. The van der Waals surface area contributed by atoms with Gasteiger partial charge in [-0.1, -0.05) is 6.07 Å². The quantitative estimate of drug-likeness (QED) is 0.627. The molecule has 0 aliphatic carbocycles. The summed E-state index contributed by atoms with van der Waals surface area (Å²) >= 11 is 1.41. The summed E-state index contributed by atoms with van der Waals surface area (Å²) in [7, 11) is -1.38. The average Bonchev–Trinajstić information content (AvgIpc) is 2.84. The molecule has 0 amide bonds. The van der Waals surface area contributed by atoms with Gasteiger partial charge in [0.05, 0.1) is 6.10 Å². The number of aliphatic hydroxyl groups excluding tert-OH is 1. The monoisotopic (exact) mass is 241 g/mol. The Bertz CT molecular complexity index is 358. The van der Waals surface area contributed by atoms with E-state index in [1.165, 1.54) is 11.3 Å². The molecule has 16 heavy (non-hydrogen) atoms. The summed E-state index contributed by atoms with van der Waals surface area (Å²) < 4.78 is 0.571. The van der Waals surface area contributed by atoms with Crippen LogP contribution < -0.4 is 4.78 Å². The van der Waals surface area contributed by atoms with Gasteiger partial charge in [0.1, 0.15) is 0 Å². The lowest BCUT2D eigenvalue weighted by molar-refractivity contribution is 0.164. The van der Waals surface area contributed by atoms with Crippen LogP contribution in [0.5, 0.6) is 0 Å². The molecule has 0 radical (unpaired) electrons. The first-order valence-corrected chi connectivity index (χ1v) is 6.27. The van der Waals surface area contributed by atoms with Crippen LogP contribution in [0, 0.1) is 0 Å². The number of β-amino-alcohol motifs (C(OH)–C–C–N with tert-alkyl or cyclic N) is 1. The molecule has 1 fully saturated rings. The van der Waals surface area contributed by atoms with Crippen molar-refractivity contribution in [2.45, 2.75) is 25.5 Å². The predicted octanol–water partition coefficient (Wildman–Crippen LogP) is -0.445. The second-order valence-electron chi connectivity index (χ2n) is 4.23. The molecule has 1 aromatic rings. The van der Waals surface area contributed by atoms with E-state index in [9.17, 15) is 5.11 Å². The third-order valence-corrected chi connectivity index (χ3v) is 4.35. The molecule has 1 aromatic heterocycles. The van der Waals surface area contributed by atoms with Gasteiger partial charge in [-0.3, -0.25) is 4.90 Å². The van der Waals surface area contributed by atoms with Gasteiger partial charge in [-0.25, -0.2) is 0 Å². The van der Waals surface area contributed by atoms with Crippen LogP contribution in [0.2, 0.25) is 0 Å². The minimum Gasteiger partial charge on any atom is -0.423 e. The Kier molecular flexibility index (Phi) is 3.66. The molecule has 6 heteroatoms. The highest BCUT2D eigenvalue weighted by Gasteiger charge is 2.26. The van der Waals surface area contributed by atoms with Gasteiger partial charge in [-0.05, 0) is 19.4 Å². The molecule has 0 spiro atoms. The second kappa shape index (κ2) is 4.85. The summed E-state index contributed by atoms with van der Waals surface area (Å²) in [6.07, 6.45) is 0.607. The van der Waals surface area contributed by atoms with E-state index in [2.05, 4.69) is 11.8 Å². The van der Waals surface area contributed by atoms with E-state index in [4.69, 9.17) is 10.0 Å². The minimum atomic E-state index is -1.38. The molecule has 1 saturated heterocycles. The van der Waals surface area contributed by atoms with Crippen molar-refractivity contribution in [3.8, 4) is 0 Å². The van der Waals surface area contributed by atoms with Gasteiger partial charge in [0.15, 0.2) is 0 Å². The average molecular weight is 241 g/mol. The zero-order valence-electron chi connectivity index (χ0n) is 9.21. The van der Waals surface area contributed by atoms with Crippen LogP contribution in [0.1, 0.15) is 24.3 Å². The van der Waals surface area contributed by atoms with Crippen molar-refractivity contribution in [1.29, 1.82) is 0 Å². The lowest BCUT2D eigenvalue weighted by atomic mass is 9.90. The summed E-state index contributed by atoms with van der Waals surface area (Å²) in [4.78, 5) is 3.32. The van der Waals surface area contributed by atoms with Crippen molar-refractivity contribution >= 4 is 23.2 Å². The van der Waals surface area contributed by atoms with Gasteiger partial charge in [0.2, 0.25) is 0 Å². The number of likely N-dealkylation sites (tertiary alicyclic amines) is 1. The SMILES string of the molecule is C[C@H](c1ccc(B(O)O)s1)N1CC[C@@H](O)C1. The van der Waals surface area contributed by atoms with Crippen LogP contribution in [-0.2, 0) is 0 Å². The number of thiophene rings is 1. The van der Waals surface area contributed by atoms with E-state index in [0.29, 0.717) is 11.3 Å². The zero-order valence-corrected chi connectivity index (χ0v) is 10.0. The van der Waals surface area contributed by atoms with Gasteiger partial charge < -0.3 is 15.2 Å². The molecule has 0 aromatic carbocycles. The van der Waals surface area contributed by atoms with Crippen LogP contribution in [0.3, 0.4) is 0 Å². The first kappa shape index (κ1) is 12.1. The van der Waals surface area contributed by atoms with Crippen LogP contribution in [0.4, 0.5) is 0 Å². The van der Waals surface area contributed by atoms with Gasteiger partial charge in [0, 0.05) is 28.8 Å². The van der Waals surface area contributed by atoms with Crippen LogP contribution in [-0.4, -0.2) is 46.4 Å². The number of hydrogen-bond acceptors (Lipinski definition) is 5. The molecular formula is C10H16BNO3S. The molecule has 0 saturated carbocycles. The van der Waals surface area contributed by atoms with Crippen molar-refractivity contribution in [2.75, 3.05) is 13.1 Å². The second-order valence-corrected chi connectivity index (χ2v) is 5.37. The van der Waals surface area contributed by atoms with Gasteiger partial charge in [-0.15, -0.1) is 11.3 Å². The maximum Gasteiger partial charge on any atom is 0.499 e. The van der Waals surface area contributed by atoms with Crippen molar-refractivity contribution in [2.24, 2.45) is 0 Å². The highest BCUT2D eigenvalue weighted by molar-refractivity contribution is 7.22. The zero-order chi connectivity index (χ0) is 11.7. The van der Waals surface area contributed by atoms with E-state index in [1.54, 1.807) is 6.07 Å². The Balaban J connectivity index is 2.05. The molecule has 2 atom stereocenters. The van der Waals surface area contributed by atoms with Gasteiger partial charge in [-0.2, -0.15) is 0 Å². The van der Waals surface area contributed by atoms with E-state index in [1.807, 2.05) is 6.07 Å². The molecule has 0 unspecified atom stereocenters. The molecule has 2 rings (SSSR count). The number of hydrogen-bond donors (Lipinski definition) is 3. The van der Waals surface area contributed by atoms with Crippen molar-refractivity contribution in [1.82, 2.24) is 4.90 Å². The minimum absolute atomic E-state index is 0.217. The number of aliphatic hydroxyl groups is 1. The Morgan fingerprint density at radius 3 is 2.75 bits per heavy atom. The standard InChI is InChI=1S/C10H16BNO3S/c1-7(12-5-4-8(13)6-12)9-2-3-10(16-9)11(14)15/h2-3,7-8,13-15H,4-6H2,1H3/t7-,8-/m1/s1. The van der Waals surface area contributed by atoms with Crippen molar-refractivity contribution < 1.29 is 15.2 Å². The molecule has 1 aliphatic heterocycles.